The molecule has 1 aromatic heterocycles. The Morgan fingerprint density at radius 1 is 1.17 bits per heavy atom. The van der Waals surface area contributed by atoms with Crippen LogP contribution in [0.5, 0.6) is 0 Å². The van der Waals surface area contributed by atoms with E-state index in [9.17, 15) is 8.42 Å². The summed E-state index contributed by atoms with van der Waals surface area (Å²) in [5, 5.41) is 0.0632. The average Bonchev–Trinajstić information content (AvgIpc) is 2.28. The summed E-state index contributed by atoms with van der Waals surface area (Å²) in [5.41, 5.74) is 5.38. The second-order valence-corrected chi connectivity index (χ2v) is 5.42. The third-order valence-electron chi connectivity index (χ3n) is 2.00. The first-order valence-corrected chi connectivity index (χ1v) is 6.71. The number of benzene rings is 1. The summed E-state index contributed by atoms with van der Waals surface area (Å²) in [6.45, 7) is 0. The molecule has 2 rings (SSSR count). The van der Waals surface area contributed by atoms with Gasteiger partial charge >= 0.3 is 0 Å². The van der Waals surface area contributed by atoms with Gasteiger partial charge in [0.05, 0.1) is 4.90 Å². The van der Waals surface area contributed by atoms with Crippen molar-refractivity contribution in [2.45, 2.75) is 4.90 Å². The highest BCUT2D eigenvalue weighted by Crippen LogP contribution is 2.17. The Kier molecular flexibility index (Phi) is 3.35. The monoisotopic (exact) mass is 284 g/mol. The molecule has 0 saturated carbocycles. The number of sulfonamides is 1. The van der Waals surface area contributed by atoms with E-state index < -0.39 is 10.0 Å². The van der Waals surface area contributed by atoms with Crippen molar-refractivity contribution in [3.8, 4) is 0 Å². The third kappa shape index (κ3) is 2.88. The Bertz CT molecular complexity index is 641. The van der Waals surface area contributed by atoms with Crippen molar-refractivity contribution in [1.29, 1.82) is 0 Å². The normalized spacial score (nSPS) is 11.2. The summed E-state index contributed by atoms with van der Waals surface area (Å²) >= 11 is 5.66. The SMILES string of the molecule is Nc1nc(Cl)cc(NS(=O)(=O)c2ccccc2)n1. The van der Waals surface area contributed by atoms with Gasteiger partial charge in [0.25, 0.3) is 10.0 Å². The molecule has 0 aliphatic heterocycles. The number of aromatic nitrogens is 2. The lowest BCUT2D eigenvalue weighted by Crippen LogP contribution is -2.14. The first kappa shape index (κ1) is 12.6. The molecular weight excluding hydrogens is 276 g/mol. The van der Waals surface area contributed by atoms with E-state index >= 15 is 0 Å². The minimum atomic E-state index is -3.70. The number of nitrogens with one attached hydrogen (secondary N) is 1. The summed E-state index contributed by atoms with van der Waals surface area (Å²) in [5.74, 6) is -0.0791. The zero-order valence-electron chi connectivity index (χ0n) is 9.04. The molecule has 2 aromatic rings. The maximum absolute atomic E-state index is 12.0. The Morgan fingerprint density at radius 2 is 1.83 bits per heavy atom. The molecule has 1 aromatic carbocycles. The Labute approximate surface area is 109 Å². The van der Waals surface area contributed by atoms with Gasteiger partial charge in [-0.15, -0.1) is 0 Å². The molecule has 0 saturated heterocycles. The predicted octanol–water partition coefficient (Wildman–Crippen LogP) is 1.51. The first-order valence-electron chi connectivity index (χ1n) is 4.85. The van der Waals surface area contributed by atoms with Crippen LogP contribution in [0.15, 0.2) is 41.3 Å². The van der Waals surface area contributed by atoms with Crippen molar-refractivity contribution in [3.63, 3.8) is 0 Å². The summed E-state index contributed by atoms with van der Waals surface area (Å²) < 4.78 is 26.2. The van der Waals surface area contributed by atoms with E-state index in [0.717, 1.165) is 0 Å². The van der Waals surface area contributed by atoms with Gasteiger partial charge in [0.1, 0.15) is 11.0 Å². The Hall–Kier alpha value is -1.86. The zero-order chi connectivity index (χ0) is 13.2. The molecule has 6 nitrogen and oxygen atoms in total. The predicted molar refractivity (Wildman–Crippen MR) is 68.7 cm³/mol. The Balaban J connectivity index is 2.34. The van der Waals surface area contributed by atoms with Gasteiger partial charge in [-0.3, -0.25) is 4.72 Å². The number of nitrogens with two attached hydrogens (primary N) is 1. The molecule has 1 heterocycles. The minimum Gasteiger partial charge on any atom is -0.368 e. The smallest absolute Gasteiger partial charge is 0.263 e. The third-order valence-corrected chi connectivity index (χ3v) is 3.57. The van der Waals surface area contributed by atoms with Crippen LogP contribution in [0.2, 0.25) is 5.15 Å². The molecule has 0 spiro atoms. The molecule has 0 unspecified atom stereocenters. The van der Waals surface area contributed by atoms with E-state index in [1.807, 2.05) is 0 Å². The molecule has 0 bridgehead atoms. The zero-order valence-corrected chi connectivity index (χ0v) is 10.6. The molecule has 0 amide bonds. The lowest BCUT2D eigenvalue weighted by Gasteiger charge is -2.07. The molecule has 0 aliphatic carbocycles. The standard InChI is InChI=1S/C10H9ClN4O2S/c11-8-6-9(14-10(12)13-8)15-18(16,17)7-4-2-1-3-5-7/h1-6H,(H3,12,13,14,15). The van der Waals surface area contributed by atoms with Crippen LogP contribution in [0.25, 0.3) is 0 Å². The largest absolute Gasteiger partial charge is 0.368 e. The topological polar surface area (TPSA) is 98.0 Å². The van der Waals surface area contributed by atoms with Crippen molar-refractivity contribution in [2.75, 3.05) is 10.5 Å². The fraction of sp³-hybridized carbons (Fsp3) is 0. The molecular formula is C10H9ClN4O2S. The molecule has 8 heteroatoms. The minimum absolute atomic E-state index is 0.0244. The first-order chi connectivity index (χ1) is 8.47. The van der Waals surface area contributed by atoms with Crippen molar-refractivity contribution < 1.29 is 8.42 Å². The highest BCUT2D eigenvalue weighted by Gasteiger charge is 2.14. The number of nitrogen functional groups attached to an aromatic ring is 1. The maximum Gasteiger partial charge on any atom is 0.263 e. The molecule has 0 fully saturated rings. The highest BCUT2D eigenvalue weighted by atomic mass is 35.5. The molecule has 94 valence electrons. The molecule has 0 aliphatic rings. The van der Waals surface area contributed by atoms with Gasteiger partial charge in [-0.1, -0.05) is 29.8 Å². The quantitative estimate of drug-likeness (QED) is 0.833. The van der Waals surface area contributed by atoms with Crippen molar-refractivity contribution >= 4 is 33.4 Å². The van der Waals surface area contributed by atoms with E-state index in [0.29, 0.717) is 0 Å². The van der Waals surface area contributed by atoms with Crippen molar-refractivity contribution in [1.82, 2.24) is 9.97 Å². The van der Waals surface area contributed by atoms with Crippen LogP contribution in [-0.4, -0.2) is 18.4 Å². The van der Waals surface area contributed by atoms with Crippen LogP contribution in [0.3, 0.4) is 0 Å². The molecule has 3 N–H and O–H groups in total. The number of nitrogens with zero attached hydrogens (tertiary/aromatic N) is 2. The fourth-order valence-corrected chi connectivity index (χ4v) is 2.49. The van der Waals surface area contributed by atoms with Gasteiger partial charge in [-0.2, -0.15) is 4.98 Å². The number of rotatable bonds is 3. The average molecular weight is 285 g/mol. The van der Waals surface area contributed by atoms with E-state index in [2.05, 4.69) is 14.7 Å². The van der Waals surface area contributed by atoms with E-state index in [4.69, 9.17) is 17.3 Å². The van der Waals surface area contributed by atoms with Crippen LogP contribution in [0, 0.1) is 0 Å². The number of hydrogen-bond acceptors (Lipinski definition) is 5. The number of halogens is 1. The van der Waals surface area contributed by atoms with Crippen LogP contribution in [0.4, 0.5) is 11.8 Å². The summed E-state index contributed by atoms with van der Waals surface area (Å²) in [4.78, 5) is 7.49. The summed E-state index contributed by atoms with van der Waals surface area (Å²) in [6, 6.07) is 9.17. The van der Waals surface area contributed by atoms with Crippen molar-refractivity contribution in [3.05, 3.63) is 41.6 Å². The molecule has 18 heavy (non-hydrogen) atoms. The van der Waals surface area contributed by atoms with Gasteiger partial charge in [0, 0.05) is 6.07 Å². The van der Waals surface area contributed by atoms with Crippen molar-refractivity contribution in [2.24, 2.45) is 0 Å². The highest BCUT2D eigenvalue weighted by molar-refractivity contribution is 7.92. The lowest BCUT2D eigenvalue weighted by molar-refractivity contribution is 0.601. The van der Waals surface area contributed by atoms with E-state index in [1.165, 1.54) is 18.2 Å². The number of hydrogen-bond donors (Lipinski definition) is 2. The van der Waals surface area contributed by atoms with E-state index in [1.54, 1.807) is 18.2 Å². The summed E-state index contributed by atoms with van der Waals surface area (Å²) in [6.07, 6.45) is 0. The summed E-state index contributed by atoms with van der Waals surface area (Å²) in [7, 11) is -3.70. The number of anilines is 2. The molecule has 0 radical (unpaired) electrons. The van der Waals surface area contributed by atoms with Gasteiger partial charge in [-0.05, 0) is 12.1 Å². The van der Waals surface area contributed by atoms with Crippen LogP contribution in [-0.2, 0) is 10.0 Å². The Morgan fingerprint density at radius 3 is 2.44 bits per heavy atom. The second kappa shape index (κ2) is 4.79. The van der Waals surface area contributed by atoms with Gasteiger partial charge in [0.15, 0.2) is 0 Å². The lowest BCUT2D eigenvalue weighted by atomic mass is 10.4. The van der Waals surface area contributed by atoms with Crippen LogP contribution >= 0.6 is 11.6 Å². The molecule has 0 atom stereocenters. The van der Waals surface area contributed by atoms with Gasteiger partial charge in [-0.25, -0.2) is 13.4 Å². The maximum atomic E-state index is 12.0. The second-order valence-electron chi connectivity index (χ2n) is 3.35. The van der Waals surface area contributed by atoms with Crippen LogP contribution in [0.1, 0.15) is 0 Å². The van der Waals surface area contributed by atoms with Gasteiger partial charge in [0.2, 0.25) is 5.95 Å². The van der Waals surface area contributed by atoms with E-state index in [-0.39, 0.29) is 21.8 Å². The van der Waals surface area contributed by atoms with Crippen LogP contribution < -0.4 is 10.5 Å². The van der Waals surface area contributed by atoms with Gasteiger partial charge < -0.3 is 5.73 Å². The fourth-order valence-electron chi connectivity index (χ4n) is 1.28.